The molecule has 7 nitrogen and oxygen atoms in total. The summed E-state index contributed by atoms with van der Waals surface area (Å²) in [5, 5.41) is 11.4. The minimum absolute atomic E-state index is 0. The fourth-order valence-electron chi connectivity index (χ4n) is 2.45. The van der Waals surface area contributed by atoms with E-state index in [2.05, 4.69) is 4.98 Å². The topological polar surface area (TPSA) is 112 Å². The zero-order valence-electron chi connectivity index (χ0n) is 13.9. The number of carboxylic acid groups (broad SMARTS) is 1. The fourth-order valence-corrected chi connectivity index (χ4v) is 3.51. The molecule has 0 radical (unpaired) electrons. The Morgan fingerprint density at radius 2 is 1.96 bits per heavy atom. The van der Waals surface area contributed by atoms with Gasteiger partial charge in [0.2, 0.25) is 0 Å². The summed E-state index contributed by atoms with van der Waals surface area (Å²) in [4.78, 5) is 27.0. The molecule has 27 heavy (non-hydrogen) atoms. The van der Waals surface area contributed by atoms with Crippen molar-refractivity contribution >= 4 is 39.2 Å². The number of rotatable bonds is 6. The summed E-state index contributed by atoms with van der Waals surface area (Å²) in [6.07, 6.45) is 1.42. The van der Waals surface area contributed by atoms with E-state index in [4.69, 9.17) is 20.3 Å². The first-order valence-corrected chi connectivity index (χ1v) is 8.67. The molecule has 1 aromatic carbocycles. The van der Waals surface area contributed by atoms with Gasteiger partial charge in [-0.3, -0.25) is 0 Å². The smallest absolute Gasteiger partial charge is 0.341 e. The Morgan fingerprint density at radius 3 is 2.59 bits per heavy atom. The van der Waals surface area contributed by atoms with E-state index in [1.54, 1.807) is 19.1 Å². The van der Waals surface area contributed by atoms with E-state index in [0.29, 0.717) is 27.2 Å². The van der Waals surface area contributed by atoms with Gasteiger partial charge in [-0.2, -0.15) is 0 Å². The molecule has 0 atom stereocenters. The van der Waals surface area contributed by atoms with Crippen LogP contribution in [-0.2, 0) is 11.3 Å². The third kappa shape index (κ3) is 4.17. The Bertz CT molecular complexity index is 966. The number of aromatic carboxylic acids is 1. The molecule has 0 aliphatic carbocycles. The average molecular weight is 388 g/mol. The number of anilines is 1. The fraction of sp³-hybridized carbons (Fsp3) is 0.211. The van der Waals surface area contributed by atoms with Crippen molar-refractivity contribution in [3.63, 3.8) is 0 Å². The molecule has 0 aliphatic heterocycles. The van der Waals surface area contributed by atoms with Crippen LogP contribution in [0.3, 0.4) is 0 Å². The maximum Gasteiger partial charge on any atom is 0.341 e. The van der Waals surface area contributed by atoms with Gasteiger partial charge >= 0.3 is 11.9 Å². The molecule has 0 saturated carbocycles. The summed E-state index contributed by atoms with van der Waals surface area (Å²) in [5.74, 6) is -0.592. The van der Waals surface area contributed by atoms with Crippen LogP contribution in [0, 0.1) is 0 Å². The monoisotopic (exact) mass is 388 g/mol. The van der Waals surface area contributed by atoms with E-state index in [9.17, 15) is 9.59 Å². The van der Waals surface area contributed by atoms with Gasteiger partial charge < -0.3 is 20.3 Å². The Kier molecular flexibility index (Phi) is 6.36. The number of fused-ring (bicyclic) bond motifs is 1. The molecular weight excluding hydrogens is 368 g/mol. The van der Waals surface area contributed by atoms with E-state index in [1.807, 2.05) is 5.38 Å². The van der Waals surface area contributed by atoms with Gasteiger partial charge in [-0.1, -0.05) is 7.43 Å². The summed E-state index contributed by atoms with van der Waals surface area (Å²) in [6, 6.07) is 6.11. The van der Waals surface area contributed by atoms with Crippen molar-refractivity contribution in [3.05, 3.63) is 52.5 Å². The SMILES string of the molecule is C.CCOC(=O)c1cnc(N)c2c(COc3ccc(C(=O)O)cc3)csc12. The molecule has 0 spiro atoms. The lowest BCUT2D eigenvalue weighted by atomic mass is 10.1. The van der Waals surface area contributed by atoms with Gasteiger partial charge in [0.25, 0.3) is 0 Å². The highest BCUT2D eigenvalue weighted by molar-refractivity contribution is 7.17. The van der Waals surface area contributed by atoms with Crippen LogP contribution in [0.25, 0.3) is 10.1 Å². The number of hydrogen-bond donors (Lipinski definition) is 2. The summed E-state index contributed by atoms with van der Waals surface area (Å²) in [5.41, 5.74) is 7.34. The number of pyridine rings is 1. The molecule has 0 saturated heterocycles. The van der Waals surface area contributed by atoms with Crippen molar-refractivity contribution in [2.75, 3.05) is 12.3 Å². The molecule has 8 heteroatoms. The number of thiophene rings is 1. The Balaban J connectivity index is 0.00000261. The molecular formula is C19H20N2O5S. The van der Waals surface area contributed by atoms with Crippen molar-refractivity contribution in [2.45, 2.75) is 21.0 Å². The molecule has 0 aliphatic rings. The number of nitrogen functional groups attached to an aromatic ring is 1. The van der Waals surface area contributed by atoms with E-state index in [-0.39, 0.29) is 26.2 Å². The Hall–Kier alpha value is -3.13. The van der Waals surface area contributed by atoms with Crippen LogP contribution in [-0.4, -0.2) is 28.6 Å². The Labute approximate surface area is 160 Å². The molecule has 0 bridgehead atoms. The van der Waals surface area contributed by atoms with Gasteiger partial charge in [-0.15, -0.1) is 11.3 Å². The first-order valence-electron chi connectivity index (χ1n) is 7.79. The molecule has 0 amide bonds. The maximum atomic E-state index is 12.1. The Morgan fingerprint density at radius 1 is 1.26 bits per heavy atom. The van der Waals surface area contributed by atoms with Crippen LogP contribution in [0.2, 0.25) is 0 Å². The van der Waals surface area contributed by atoms with Gasteiger partial charge in [0, 0.05) is 17.1 Å². The van der Waals surface area contributed by atoms with Gasteiger partial charge in [0.15, 0.2) is 0 Å². The lowest BCUT2D eigenvalue weighted by molar-refractivity contribution is 0.0528. The van der Waals surface area contributed by atoms with E-state index < -0.39 is 11.9 Å². The minimum Gasteiger partial charge on any atom is -0.489 e. The highest BCUT2D eigenvalue weighted by atomic mass is 32.1. The lowest BCUT2D eigenvalue weighted by Crippen LogP contribution is -2.06. The second-order valence-corrected chi connectivity index (χ2v) is 6.24. The summed E-state index contributed by atoms with van der Waals surface area (Å²) in [7, 11) is 0. The first kappa shape index (κ1) is 20.2. The molecule has 3 rings (SSSR count). The van der Waals surface area contributed by atoms with E-state index >= 15 is 0 Å². The normalized spacial score (nSPS) is 10.3. The third-order valence-electron chi connectivity index (χ3n) is 3.69. The minimum atomic E-state index is -0.995. The van der Waals surface area contributed by atoms with Crippen molar-refractivity contribution in [1.82, 2.24) is 4.98 Å². The van der Waals surface area contributed by atoms with Crippen molar-refractivity contribution in [3.8, 4) is 5.75 Å². The average Bonchev–Trinajstić information content (AvgIpc) is 3.05. The lowest BCUT2D eigenvalue weighted by Gasteiger charge is -2.08. The van der Waals surface area contributed by atoms with Crippen molar-refractivity contribution < 1.29 is 24.2 Å². The van der Waals surface area contributed by atoms with Gasteiger partial charge in [0.1, 0.15) is 18.2 Å². The molecule has 0 fully saturated rings. The highest BCUT2D eigenvalue weighted by Gasteiger charge is 2.18. The number of nitrogens with zero attached hydrogens (tertiary/aromatic N) is 1. The third-order valence-corrected chi connectivity index (χ3v) is 4.75. The van der Waals surface area contributed by atoms with Crippen LogP contribution < -0.4 is 10.5 Å². The van der Waals surface area contributed by atoms with Gasteiger partial charge in [0.05, 0.1) is 22.4 Å². The quantitative estimate of drug-likeness (QED) is 0.615. The molecule has 3 N–H and O–H groups in total. The van der Waals surface area contributed by atoms with Crippen LogP contribution in [0.15, 0.2) is 35.8 Å². The molecule has 2 heterocycles. The summed E-state index contributed by atoms with van der Waals surface area (Å²) >= 11 is 1.37. The van der Waals surface area contributed by atoms with E-state index in [1.165, 1.54) is 29.7 Å². The number of ether oxygens (including phenoxy) is 2. The van der Waals surface area contributed by atoms with Crippen LogP contribution >= 0.6 is 11.3 Å². The number of nitrogens with two attached hydrogens (primary N) is 1. The number of hydrogen-bond acceptors (Lipinski definition) is 7. The predicted molar refractivity (Wildman–Crippen MR) is 104 cm³/mol. The number of carbonyl (C=O) groups is 2. The maximum absolute atomic E-state index is 12.1. The molecule has 2 aromatic heterocycles. The van der Waals surface area contributed by atoms with E-state index in [0.717, 1.165) is 5.56 Å². The van der Waals surface area contributed by atoms with Crippen LogP contribution in [0.5, 0.6) is 5.75 Å². The molecule has 0 unspecified atom stereocenters. The number of carboxylic acids is 1. The summed E-state index contributed by atoms with van der Waals surface area (Å²) < 4.78 is 11.5. The summed E-state index contributed by atoms with van der Waals surface area (Å²) in [6.45, 7) is 2.23. The highest BCUT2D eigenvalue weighted by Crippen LogP contribution is 2.33. The van der Waals surface area contributed by atoms with Crippen molar-refractivity contribution in [2.24, 2.45) is 0 Å². The van der Waals surface area contributed by atoms with Gasteiger partial charge in [-0.05, 0) is 36.6 Å². The number of carbonyl (C=O) groups excluding carboxylic acids is 1. The van der Waals surface area contributed by atoms with Crippen LogP contribution in [0.4, 0.5) is 5.82 Å². The number of benzene rings is 1. The number of esters is 1. The standard InChI is InChI=1S/C18H16N2O5S.CH4/c1-2-24-18(23)13-7-20-16(19)14-11(9-26-15(13)14)8-25-12-5-3-10(4-6-12)17(21)22;/h3-7,9H,2,8H2,1H3,(H2,19,20)(H,21,22);1H4. The zero-order chi connectivity index (χ0) is 18.7. The first-order chi connectivity index (χ1) is 12.5. The van der Waals surface area contributed by atoms with Crippen LogP contribution in [0.1, 0.15) is 40.6 Å². The number of aromatic nitrogens is 1. The van der Waals surface area contributed by atoms with Crippen molar-refractivity contribution in [1.29, 1.82) is 0 Å². The van der Waals surface area contributed by atoms with Gasteiger partial charge in [-0.25, -0.2) is 14.6 Å². The predicted octanol–water partition coefficient (Wildman–Crippen LogP) is 3.97. The molecule has 142 valence electrons. The zero-order valence-corrected chi connectivity index (χ0v) is 14.7. The largest absolute Gasteiger partial charge is 0.489 e. The second-order valence-electron chi connectivity index (χ2n) is 5.36. The molecule has 3 aromatic rings. The second kappa shape index (κ2) is 8.50.